The Labute approximate surface area is 273 Å². The fourth-order valence-corrected chi connectivity index (χ4v) is 7.37. The fraction of sp³-hybridized carbons (Fsp3) is 0.316. The first-order chi connectivity index (χ1) is 22.1. The second-order valence-corrected chi connectivity index (χ2v) is 14.2. The quantitative estimate of drug-likeness (QED) is 0.192. The zero-order valence-corrected chi connectivity index (χ0v) is 27.7. The minimum Gasteiger partial charge on any atom is -0.352 e. The van der Waals surface area contributed by atoms with Crippen molar-refractivity contribution in [2.75, 3.05) is 10.8 Å². The summed E-state index contributed by atoms with van der Waals surface area (Å²) in [7, 11) is -4.13. The summed E-state index contributed by atoms with van der Waals surface area (Å²) in [6, 6.07) is 30.5. The lowest BCUT2D eigenvalue weighted by Crippen LogP contribution is -2.54. The van der Waals surface area contributed by atoms with Gasteiger partial charge in [-0.15, -0.1) is 0 Å². The molecule has 240 valence electrons. The molecule has 0 unspecified atom stereocenters. The van der Waals surface area contributed by atoms with Crippen molar-refractivity contribution >= 4 is 27.5 Å². The number of anilines is 1. The third-order valence-corrected chi connectivity index (χ3v) is 10.4. The van der Waals surface area contributed by atoms with E-state index in [1.165, 1.54) is 4.31 Å². The molecule has 1 atom stereocenters. The standard InChI is InChI=1S/C38H43N3O4S/c1-28-16-20-32(21-17-28)26-40(36(25-31-11-5-4-6-12-31)38(43)39-33-13-7-8-14-33)37(42)27-41(34-15-9-10-30(3)24-34)46(44,45)35-22-18-29(2)19-23-35/h4-6,9-12,15-24,33,36H,7-8,13-14,25-27H2,1-3H3,(H,39,43)/t36-/m1/s1. The number of benzene rings is 4. The predicted octanol–water partition coefficient (Wildman–Crippen LogP) is 6.51. The van der Waals surface area contributed by atoms with Crippen LogP contribution in [0.3, 0.4) is 0 Å². The second kappa shape index (κ2) is 14.8. The van der Waals surface area contributed by atoms with Crippen LogP contribution < -0.4 is 9.62 Å². The van der Waals surface area contributed by atoms with Gasteiger partial charge in [-0.25, -0.2) is 8.42 Å². The van der Waals surface area contributed by atoms with Gasteiger partial charge in [-0.2, -0.15) is 0 Å². The van der Waals surface area contributed by atoms with Crippen molar-refractivity contribution in [1.29, 1.82) is 0 Å². The van der Waals surface area contributed by atoms with E-state index in [0.29, 0.717) is 12.1 Å². The molecule has 0 aliphatic heterocycles. The van der Waals surface area contributed by atoms with Crippen LogP contribution >= 0.6 is 0 Å². The maximum Gasteiger partial charge on any atom is 0.264 e. The van der Waals surface area contributed by atoms with Crippen LogP contribution in [-0.2, 0) is 32.6 Å². The van der Waals surface area contributed by atoms with E-state index in [9.17, 15) is 18.0 Å². The number of nitrogens with one attached hydrogen (secondary N) is 1. The van der Waals surface area contributed by atoms with Crippen molar-refractivity contribution in [3.63, 3.8) is 0 Å². The van der Waals surface area contributed by atoms with Gasteiger partial charge in [0.2, 0.25) is 11.8 Å². The highest BCUT2D eigenvalue weighted by Crippen LogP contribution is 2.26. The van der Waals surface area contributed by atoms with Crippen molar-refractivity contribution in [3.05, 3.63) is 131 Å². The number of sulfonamides is 1. The van der Waals surface area contributed by atoms with Crippen LogP contribution in [0.4, 0.5) is 5.69 Å². The molecule has 1 aliphatic rings. The maximum absolute atomic E-state index is 14.6. The molecule has 0 heterocycles. The summed E-state index contributed by atoms with van der Waals surface area (Å²) in [6.45, 7) is 5.46. The Kier molecular flexibility index (Phi) is 10.6. The third kappa shape index (κ3) is 8.23. The Morgan fingerprint density at radius 1 is 0.761 bits per heavy atom. The van der Waals surface area contributed by atoms with Gasteiger partial charge >= 0.3 is 0 Å². The molecule has 7 nitrogen and oxygen atoms in total. The van der Waals surface area contributed by atoms with Gasteiger partial charge in [0.1, 0.15) is 12.6 Å². The summed E-state index contributed by atoms with van der Waals surface area (Å²) in [6.07, 6.45) is 4.23. The average molecular weight is 638 g/mol. The molecule has 4 aromatic rings. The fourth-order valence-electron chi connectivity index (χ4n) is 5.96. The van der Waals surface area contributed by atoms with Gasteiger partial charge < -0.3 is 10.2 Å². The summed E-state index contributed by atoms with van der Waals surface area (Å²) in [5.74, 6) is -0.681. The number of hydrogen-bond acceptors (Lipinski definition) is 4. The van der Waals surface area contributed by atoms with Crippen LogP contribution in [0.15, 0.2) is 108 Å². The van der Waals surface area contributed by atoms with E-state index in [2.05, 4.69) is 5.32 Å². The summed E-state index contributed by atoms with van der Waals surface area (Å²) in [4.78, 5) is 30.4. The molecule has 1 fully saturated rings. The molecule has 0 saturated heterocycles. The minimum absolute atomic E-state index is 0.0628. The third-order valence-electron chi connectivity index (χ3n) is 8.62. The molecule has 1 aliphatic carbocycles. The van der Waals surface area contributed by atoms with E-state index >= 15 is 0 Å². The smallest absolute Gasteiger partial charge is 0.264 e. The number of nitrogens with zero attached hydrogens (tertiary/aromatic N) is 2. The number of rotatable bonds is 12. The number of hydrogen-bond donors (Lipinski definition) is 1. The second-order valence-electron chi connectivity index (χ2n) is 12.4. The molecule has 0 aromatic heterocycles. The van der Waals surface area contributed by atoms with Gasteiger partial charge in [-0.3, -0.25) is 13.9 Å². The minimum atomic E-state index is -4.13. The first kappa shape index (κ1) is 32.9. The molecule has 8 heteroatoms. The Morgan fingerprint density at radius 3 is 2.02 bits per heavy atom. The molecule has 1 saturated carbocycles. The topological polar surface area (TPSA) is 86.8 Å². The monoisotopic (exact) mass is 637 g/mol. The van der Waals surface area contributed by atoms with Crippen molar-refractivity contribution in [3.8, 4) is 0 Å². The van der Waals surface area contributed by atoms with E-state index in [0.717, 1.165) is 53.5 Å². The molecule has 1 N–H and O–H groups in total. The molecular formula is C38H43N3O4S. The predicted molar refractivity (Wildman–Crippen MR) is 183 cm³/mol. The maximum atomic E-state index is 14.6. The van der Waals surface area contributed by atoms with Gasteiger partial charge in [0.05, 0.1) is 10.6 Å². The molecule has 0 spiro atoms. The van der Waals surface area contributed by atoms with E-state index in [-0.39, 0.29) is 23.4 Å². The number of amides is 2. The SMILES string of the molecule is Cc1ccc(CN(C(=O)CN(c2cccc(C)c2)S(=O)(=O)c2ccc(C)cc2)[C@H](Cc2ccccc2)C(=O)NC2CCCC2)cc1. The van der Waals surface area contributed by atoms with Crippen molar-refractivity contribution in [1.82, 2.24) is 10.2 Å². The molecule has 4 aromatic carbocycles. The van der Waals surface area contributed by atoms with Crippen molar-refractivity contribution in [2.45, 2.75) is 76.4 Å². The number of aryl methyl sites for hydroxylation is 3. The van der Waals surface area contributed by atoms with E-state index in [1.54, 1.807) is 47.4 Å². The molecule has 46 heavy (non-hydrogen) atoms. The van der Waals surface area contributed by atoms with E-state index in [4.69, 9.17) is 0 Å². The lowest BCUT2D eigenvalue weighted by atomic mass is 10.0. The summed E-state index contributed by atoms with van der Waals surface area (Å²) in [5, 5.41) is 3.22. The van der Waals surface area contributed by atoms with Crippen LogP contribution in [0, 0.1) is 20.8 Å². The highest BCUT2D eigenvalue weighted by molar-refractivity contribution is 7.92. The van der Waals surface area contributed by atoms with Crippen LogP contribution in [0.25, 0.3) is 0 Å². The number of carbonyl (C=O) groups is 2. The first-order valence-electron chi connectivity index (χ1n) is 16.0. The zero-order chi connectivity index (χ0) is 32.7. The van der Waals surface area contributed by atoms with E-state index in [1.807, 2.05) is 81.4 Å². The van der Waals surface area contributed by atoms with Gasteiger partial charge in [0, 0.05) is 19.0 Å². The zero-order valence-electron chi connectivity index (χ0n) is 26.9. The van der Waals surface area contributed by atoms with E-state index < -0.39 is 28.5 Å². The molecular weight excluding hydrogens is 595 g/mol. The Hall–Kier alpha value is -4.43. The Bertz CT molecular complexity index is 1730. The first-order valence-corrected chi connectivity index (χ1v) is 17.4. The lowest BCUT2D eigenvalue weighted by molar-refractivity contribution is -0.140. The highest BCUT2D eigenvalue weighted by Gasteiger charge is 2.35. The van der Waals surface area contributed by atoms with Crippen LogP contribution in [0.1, 0.15) is 53.5 Å². The lowest BCUT2D eigenvalue weighted by Gasteiger charge is -2.34. The van der Waals surface area contributed by atoms with Crippen LogP contribution in [-0.4, -0.2) is 43.8 Å². The van der Waals surface area contributed by atoms with Gasteiger partial charge in [0.25, 0.3) is 10.0 Å². The summed E-state index contributed by atoms with van der Waals surface area (Å²) >= 11 is 0. The molecule has 2 amide bonds. The highest BCUT2D eigenvalue weighted by atomic mass is 32.2. The van der Waals surface area contributed by atoms with Gasteiger partial charge in [0.15, 0.2) is 0 Å². The molecule has 0 bridgehead atoms. The summed E-state index contributed by atoms with van der Waals surface area (Å²) in [5.41, 5.74) is 5.03. The number of carbonyl (C=O) groups excluding carboxylic acids is 2. The van der Waals surface area contributed by atoms with Crippen LogP contribution in [0.2, 0.25) is 0 Å². The van der Waals surface area contributed by atoms with Gasteiger partial charge in [-0.05, 0) is 74.6 Å². The average Bonchev–Trinajstić information content (AvgIpc) is 3.56. The largest absolute Gasteiger partial charge is 0.352 e. The molecule has 0 radical (unpaired) electrons. The van der Waals surface area contributed by atoms with Gasteiger partial charge in [-0.1, -0.05) is 103 Å². The van der Waals surface area contributed by atoms with Crippen molar-refractivity contribution in [2.24, 2.45) is 0 Å². The summed E-state index contributed by atoms with van der Waals surface area (Å²) < 4.78 is 29.6. The van der Waals surface area contributed by atoms with Crippen molar-refractivity contribution < 1.29 is 18.0 Å². The normalized spacial score (nSPS) is 14.1. The Morgan fingerprint density at radius 2 is 1.39 bits per heavy atom. The molecule has 5 rings (SSSR count). The van der Waals surface area contributed by atoms with Crippen LogP contribution in [0.5, 0.6) is 0 Å². The Balaban J connectivity index is 1.56.